The second-order valence-electron chi connectivity index (χ2n) is 6.04. The minimum atomic E-state index is -3.52. The highest BCUT2D eigenvalue weighted by atomic mass is 127. The number of halogens is 1. The van der Waals surface area contributed by atoms with Crippen molar-refractivity contribution in [3.05, 3.63) is 74.9 Å². The molecular formula is C19H20INO2S. The quantitative estimate of drug-likeness (QED) is 0.631. The normalized spacial score (nSPS) is 18.7. The molecule has 24 heavy (non-hydrogen) atoms. The van der Waals surface area contributed by atoms with E-state index in [1.54, 1.807) is 16.4 Å². The van der Waals surface area contributed by atoms with Gasteiger partial charge < -0.3 is 0 Å². The Kier molecular flexibility index (Phi) is 5.42. The van der Waals surface area contributed by atoms with Crippen molar-refractivity contribution in [2.24, 2.45) is 0 Å². The lowest BCUT2D eigenvalue weighted by molar-refractivity contribution is 0.437. The lowest BCUT2D eigenvalue weighted by Crippen LogP contribution is -2.32. The second kappa shape index (κ2) is 7.37. The Bertz CT molecular complexity index is 857. The number of rotatable bonds is 2. The van der Waals surface area contributed by atoms with Crippen LogP contribution in [0.5, 0.6) is 0 Å². The van der Waals surface area contributed by atoms with Crippen LogP contribution in [-0.2, 0) is 23.0 Å². The first kappa shape index (κ1) is 17.6. The zero-order valence-electron chi connectivity index (χ0n) is 13.6. The van der Waals surface area contributed by atoms with Gasteiger partial charge in [-0.15, -0.1) is 0 Å². The fourth-order valence-electron chi connectivity index (χ4n) is 2.85. The molecule has 1 aliphatic heterocycles. The Balaban J connectivity index is 2.02. The average Bonchev–Trinajstić information content (AvgIpc) is 2.63. The molecule has 0 unspecified atom stereocenters. The van der Waals surface area contributed by atoms with Crippen molar-refractivity contribution in [3.8, 4) is 0 Å². The van der Waals surface area contributed by atoms with Crippen molar-refractivity contribution in [1.82, 2.24) is 4.31 Å². The van der Waals surface area contributed by atoms with Gasteiger partial charge in [-0.2, -0.15) is 4.31 Å². The summed E-state index contributed by atoms with van der Waals surface area (Å²) >= 11 is 2.25. The lowest BCUT2D eigenvalue weighted by atomic mass is 10.0. The molecule has 0 bridgehead atoms. The fourth-order valence-corrected chi connectivity index (χ4v) is 5.20. The fraction of sp³-hybridized carbons (Fsp3) is 0.263. The Morgan fingerprint density at radius 2 is 1.62 bits per heavy atom. The van der Waals surface area contributed by atoms with E-state index < -0.39 is 10.0 Å². The van der Waals surface area contributed by atoms with Gasteiger partial charge in [-0.1, -0.05) is 48.0 Å². The van der Waals surface area contributed by atoms with Crippen LogP contribution in [0.3, 0.4) is 0 Å². The molecule has 2 aromatic carbocycles. The Morgan fingerprint density at radius 1 is 0.958 bits per heavy atom. The molecule has 0 amide bonds. The third-order valence-corrected chi connectivity index (χ3v) is 6.82. The maximum Gasteiger partial charge on any atom is 0.243 e. The summed E-state index contributed by atoms with van der Waals surface area (Å²) in [5.41, 5.74) is 3.37. The molecule has 5 heteroatoms. The van der Waals surface area contributed by atoms with E-state index in [0.717, 1.165) is 27.5 Å². The molecule has 0 N–H and O–H groups in total. The van der Waals surface area contributed by atoms with Crippen LogP contribution in [0.15, 0.2) is 63.1 Å². The van der Waals surface area contributed by atoms with Gasteiger partial charge in [0, 0.05) is 16.7 Å². The topological polar surface area (TPSA) is 37.4 Å². The minimum Gasteiger partial charge on any atom is -0.207 e. The van der Waals surface area contributed by atoms with Crippen molar-refractivity contribution < 1.29 is 8.42 Å². The van der Waals surface area contributed by atoms with E-state index in [9.17, 15) is 8.42 Å². The van der Waals surface area contributed by atoms with Gasteiger partial charge in [0.2, 0.25) is 10.0 Å². The average molecular weight is 453 g/mol. The van der Waals surface area contributed by atoms with E-state index in [1.165, 1.54) is 5.56 Å². The molecule has 3 rings (SSSR count). The molecule has 3 nitrogen and oxygen atoms in total. The Morgan fingerprint density at radius 3 is 2.33 bits per heavy atom. The van der Waals surface area contributed by atoms with Crippen LogP contribution in [0.1, 0.15) is 23.1 Å². The molecule has 0 spiro atoms. The van der Waals surface area contributed by atoms with Gasteiger partial charge in [0.15, 0.2) is 0 Å². The second-order valence-corrected chi connectivity index (χ2v) is 9.37. The first-order valence-corrected chi connectivity index (χ1v) is 10.5. The summed E-state index contributed by atoms with van der Waals surface area (Å²) in [6.45, 7) is 2.79. The smallest absolute Gasteiger partial charge is 0.207 e. The summed E-state index contributed by atoms with van der Waals surface area (Å²) in [6.07, 6.45) is 4.02. The standard InChI is InChI=1S/C19H20INO2S/c1-15-9-11-19(12-10-15)24(22,23)21-13-17-6-3-2-5-16(17)7-4-8-18(20)14-21/h2-3,5-6,8-12H,4,7,13-14H2,1H3/b18-8+. The van der Waals surface area contributed by atoms with E-state index in [2.05, 4.69) is 34.7 Å². The minimum absolute atomic E-state index is 0.356. The highest BCUT2D eigenvalue weighted by Crippen LogP contribution is 2.25. The van der Waals surface area contributed by atoms with Gasteiger partial charge in [0.05, 0.1) is 4.90 Å². The molecule has 0 atom stereocenters. The van der Waals surface area contributed by atoms with Crippen molar-refractivity contribution in [3.63, 3.8) is 0 Å². The van der Waals surface area contributed by atoms with Gasteiger partial charge in [-0.05, 0) is 65.6 Å². The highest BCUT2D eigenvalue weighted by molar-refractivity contribution is 14.1. The first-order valence-electron chi connectivity index (χ1n) is 7.95. The van der Waals surface area contributed by atoms with Crippen LogP contribution in [0.25, 0.3) is 0 Å². The zero-order valence-corrected chi connectivity index (χ0v) is 16.5. The summed E-state index contributed by atoms with van der Waals surface area (Å²) in [7, 11) is -3.52. The molecule has 1 aliphatic rings. The molecule has 126 valence electrons. The summed E-state index contributed by atoms with van der Waals surface area (Å²) in [5, 5.41) is 0. The van der Waals surface area contributed by atoms with Crippen LogP contribution < -0.4 is 0 Å². The SMILES string of the molecule is Cc1ccc(S(=O)(=O)N2C/C(I)=C\CCc3ccccc3C2)cc1. The van der Waals surface area contributed by atoms with Crippen molar-refractivity contribution in [2.75, 3.05) is 6.54 Å². The number of hydrogen-bond donors (Lipinski definition) is 0. The van der Waals surface area contributed by atoms with E-state index in [0.29, 0.717) is 18.0 Å². The molecule has 2 aromatic rings. The number of hydrogen-bond acceptors (Lipinski definition) is 2. The Labute approximate surface area is 157 Å². The van der Waals surface area contributed by atoms with Gasteiger partial charge in [-0.3, -0.25) is 0 Å². The number of benzene rings is 2. The number of nitrogens with zero attached hydrogens (tertiary/aromatic N) is 1. The van der Waals surface area contributed by atoms with Gasteiger partial charge in [0.1, 0.15) is 0 Å². The highest BCUT2D eigenvalue weighted by Gasteiger charge is 2.26. The van der Waals surface area contributed by atoms with E-state index in [-0.39, 0.29) is 0 Å². The number of allylic oxidation sites excluding steroid dienone is 1. The van der Waals surface area contributed by atoms with Gasteiger partial charge in [-0.25, -0.2) is 8.42 Å². The zero-order chi connectivity index (χ0) is 17.2. The largest absolute Gasteiger partial charge is 0.243 e. The van der Waals surface area contributed by atoms with Crippen molar-refractivity contribution in [2.45, 2.75) is 31.2 Å². The van der Waals surface area contributed by atoms with Gasteiger partial charge >= 0.3 is 0 Å². The number of sulfonamides is 1. The van der Waals surface area contributed by atoms with Crippen LogP contribution in [0.2, 0.25) is 0 Å². The summed E-state index contributed by atoms with van der Waals surface area (Å²) in [4.78, 5) is 0.356. The summed E-state index contributed by atoms with van der Waals surface area (Å²) in [5.74, 6) is 0. The van der Waals surface area contributed by atoms with E-state index in [1.807, 2.05) is 37.3 Å². The van der Waals surface area contributed by atoms with E-state index >= 15 is 0 Å². The third-order valence-electron chi connectivity index (χ3n) is 4.23. The summed E-state index contributed by atoms with van der Waals surface area (Å²) < 4.78 is 28.9. The predicted molar refractivity (Wildman–Crippen MR) is 106 cm³/mol. The van der Waals surface area contributed by atoms with Crippen LogP contribution in [-0.4, -0.2) is 19.3 Å². The molecule has 0 radical (unpaired) electrons. The Hall–Kier alpha value is -1.18. The predicted octanol–water partition coefficient (Wildman–Crippen LogP) is 4.45. The monoisotopic (exact) mass is 453 g/mol. The first-order chi connectivity index (χ1) is 11.5. The maximum absolute atomic E-state index is 13.1. The van der Waals surface area contributed by atoms with Crippen LogP contribution >= 0.6 is 22.6 Å². The molecule has 0 aliphatic carbocycles. The number of aryl methyl sites for hydroxylation is 2. The van der Waals surface area contributed by atoms with Crippen LogP contribution in [0, 0.1) is 6.92 Å². The molecule has 0 saturated carbocycles. The molecule has 0 saturated heterocycles. The van der Waals surface area contributed by atoms with Crippen LogP contribution in [0.4, 0.5) is 0 Å². The number of fused-ring (bicyclic) bond motifs is 1. The maximum atomic E-state index is 13.1. The lowest BCUT2D eigenvalue weighted by Gasteiger charge is -2.23. The molecule has 0 aromatic heterocycles. The molecule has 0 fully saturated rings. The molecular weight excluding hydrogens is 433 g/mol. The van der Waals surface area contributed by atoms with Crippen molar-refractivity contribution in [1.29, 1.82) is 0 Å². The summed E-state index contributed by atoms with van der Waals surface area (Å²) in [6, 6.07) is 15.2. The van der Waals surface area contributed by atoms with E-state index in [4.69, 9.17) is 0 Å². The van der Waals surface area contributed by atoms with Gasteiger partial charge in [0.25, 0.3) is 0 Å². The molecule has 1 heterocycles. The third kappa shape index (κ3) is 3.90. The van der Waals surface area contributed by atoms with Crippen molar-refractivity contribution >= 4 is 32.6 Å².